The molecule has 0 aliphatic carbocycles. The van der Waals surface area contributed by atoms with E-state index in [1.165, 1.54) is 6.08 Å². The van der Waals surface area contributed by atoms with E-state index in [9.17, 15) is 4.79 Å². The Hall–Kier alpha value is -2.95. The summed E-state index contributed by atoms with van der Waals surface area (Å²) in [6.45, 7) is 2.16. The SMILES string of the molecule is COc1cccc(/C=C\C(=O)NC(C)c2ccc3c(c2)OCO3)c1. The van der Waals surface area contributed by atoms with Crippen LogP contribution in [0.2, 0.25) is 0 Å². The number of nitrogens with one attached hydrogen (secondary N) is 1. The van der Waals surface area contributed by atoms with Crippen molar-refractivity contribution < 1.29 is 19.0 Å². The molecule has 2 aromatic carbocycles. The standard InChI is InChI=1S/C19H19NO4/c1-13(15-7-8-17-18(11-15)24-12-23-17)20-19(21)9-6-14-4-3-5-16(10-14)22-2/h3-11,13H,12H2,1-2H3,(H,20,21)/b9-6-. The van der Waals surface area contributed by atoms with Crippen molar-refractivity contribution in [1.29, 1.82) is 0 Å². The monoisotopic (exact) mass is 325 g/mol. The second-order valence-corrected chi connectivity index (χ2v) is 5.45. The molecule has 0 spiro atoms. The van der Waals surface area contributed by atoms with Gasteiger partial charge in [-0.25, -0.2) is 0 Å². The number of rotatable bonds is 5. The summed E-state index contributed by atoms with van der Waals surface area (Å²) in [4.78, 5) is 12.1. The van der Waals surface area contributed by atoms with Gasteiger partial charge in [-0.3, -0.25) is 4.79 Å². The van der Waals surface area contributed by atoms with Gasteiger partial charge in [0.2, 0.25) is 12.7 Å². The molecular weight excluding hydrogens is 306 g/mol. The van der Waals surface area contributed by atoms with Crippen molar-refractivity contribution in [3.63, 3.8) is 0 Å². The lowest BCUT2D eigenvalue weighted by molar-refractivity contribution is -0.117. The quantitative estimate of drug-likeness (QED) is 0.857. The number of fused-ring (bicyclic) bond motifs is 1. The van der Waals surface area contributed by atoms with Crippen LogP contribution in [0.4, 0.5) is 0 Å². The smallest absolute Gasteiger partial charge is 0.244 e. The molecule has 1 aliphatic rings. The molecule has 5 nitrogen and oxygen atoms in total. The van der Waals surface area contributed by atoms with Crippen molar-refractivity contribution in [3.05, 3.63) is 59.7 Å². The topological polar surface area (TPSA) is 56.8 Å². The lowest BCUT2D eigenvalue weighted by Crippen LogP contribution is -2.24. The molecule has 3 rings (SSSR count). The molecule has 0 bridgehead atoms. The van der Waals surface area contributed by atoms with Crippen LogP contribution in [0.5, 0.6) is 17.2 Å². The molecule has 1 unspecified atom stereocenters. The van der Waals surface area contributed by atoms with Gasteiger partial charge < -0.3 is 19.5 Å². The summed E-state index contributed by atoms with van der Waals surface area (Å²) in [5, 5.41) is 2.93. The molecule has 2 aromatic rings. The van der Waals surface area contributed by atoms with Gasteiger partial charge in [0.25, 0.3) is 0 Å². The highest BCUT2D eigenvalue weighted by atomic mass is 16.7. The Labute approximate surface area is 140 Å². The summed E-state index contributed by atoms with van der Waals surface area (Å²) < 4.78 is 15.8. The Balaban J connectivity index is 1.62. The minimum atomic E-state index is -0.164. The van der Waals surface area contributed by atoms with Crippen molar-refractivity contribution in [3.8, 4) is 17.2 Å². The molecular formula is C19H19NO4. The fourth-order valence-corrected chi connectivity index (χ4v) is 2.44. The molecule has 1 atom stereocenters. The van der Waals surface area contributed by atoms with Gasteiger partial charge in [-0.1, -0.05) is 18.2 Å². The number of benzene rings is 2. The van der Waals surface area contributed by atoms with Crippen LogP contribution < -0.4 is 19.5 Å². The van der Waals surface area contributed by atoms with Gasteiger partial charge in [0.15, 0.2) is 11.5 Å². The van der Waals surface area contributed by atoms with E-state index in [0.717, 1.165) is 22.6 Å². The van der Waals surface area contributed by atoms with Crippen LogP contribution in [0.3, 0.4) is 0 Å². The van der Waals surface area contributed by atoms with Gasteiger partial charge in [-0.05, 0) is 48.4 Å². The summed E-state index contributed by atoms with van der Waals surface area (Å²) >= 11 is 0. The van der Waals surface area contributed by atoms with E-state index in [4.69, 9.17) is 14.2 Å². The number of carbonyl (C=O) groups is 1. The molecule has 0 aromatic heterocycles. The summed E-state index contributed by atoms with van der Waals surface area (Å²) in [6.07, 6.45) is 3.27. The van der Waals surface area contributed by atoms with Crippen LogP contribution in [0.1, 0.15) is 24.1 Å². The number of methoxy groups -OCH3 is 1. The van der Waals surface area contributed by atoms with Gasteiger partial charge in [0, 0.05) is 6.08 Å². The fraction of sp³-hybridized carbons (Fsp3) is 0.211. The Morgan fingerprint density at radius 2 is 2.04 bits per heavy atom. The first-order chi connectivity index (χ1) is 11.7. The highest BCUT2D eigenvalue weighted by Crippen LogP contribution is 2.34. The fourth-order valence-electron chi connectivity index (χ4n) is 2.44. The zero-order chi connectivity index (χ0) is 16.9. The zero-order valence-electron chi connectivity index (χ0n) is 13.6. The maximum absolute atomic E-state index is 12.1. The van der Waals surface area contributed by atoms with Crippen LogP contribution >= 0.6 is 0 Å². The van der Waals surface area contributed by atoms with Gasteiger partial charge >= 0.3 is 0 Å². The van der Waals surface area contributed by atoms with Crippen molar-refractivity contribution in [2.45, 2.75) is 13.0 Å². The van der Waals surface area contributed by atoms with E-state index >= 15 is 0 Å². The van der Waals surface area contributed by atoms with Crippen LogP contribution in [-0.2, 0) is 4.79 Å². The molecule has 1 amide bonds. The third-order valence-electron chi connectivity index (χ3n) is 3.78. The average molecular weight is 325 g/mol. The largest absolute Gasteiger partial charge is 0.497 e. The molecule has 24 heavy (non-hydrogen) atoms. The first kappa shape index (κ1) is 15.9. The zero-order valence-corrected chi connectivity index (χ0v) is 13.6. The summed E-state index contributed by atoms with van der Waals surface area (Å²) in [6, 6.07) is 13.0. The Bertz CT molecular complexity index is 770. The van der Waals surface area contributed by atoms with E-state index in [-0.39, 0.29) is 18.7 Å². The number of hydrogen-bond acceptors (Lipinski definition) is 4. The number of amides is 1. The van der Waals surface area contributed by atoms with Crippen LogP contribution in [-0.4, -0.2) is 19.8 Å². The van der Waals surface area contributed by atoms with Crippen molar-refractivity contribution in [1.82, 2.24) is 5.32 Å². The molecule has 1 N–H and O–H groups in total. The van der Waals surface area contributed by atoms with Crippen molar-refractivity contribution in [2.75, 3.05) is 13.9 Å². The Morgan fingerprint density at radius 1 is 1.21 bits per heavy atom. The average Bonchev–Trinajstić information content (AvgIpc) is 3.07. The second kappa shape index (κ2) is 7.08. The molecule has 0 saturated heterocycles. The third-order valence-corrected chi connectivity index (χ3v) is 3.78. The third kappa shape index (κ3) is 3.68. The highest BCUT2D eigenvalue weighted by molar-refractivity contribution is 5.92. The molecule has 5 heteroatoms. The van der Waals surface area contributed by atoms with E-state index < -0.39 is 0 Å². The molecule has 0 radical (unpaired) electrons. The lowest BCUT2D eigenvalue weighted by Gasteiger charge is -2.13. The first-order valence-corrected chi connectivity index (χ1v) is 7.68. The molecule has 124 valence electrons. The number of hydrogen-bond donors (Lipinski definition) is 1. The van der Waals surface area contributed by atoms with Gasteiger partial charge in [0.05, 0.1) is 13.2 Å². The lowest BCUT2D eigenvalue weighted by atomic mass is 10.1. The van der Waals surface area contributed by atoms with E-state index in [1.54, 1.807) is 13.2 Å². The Kier molecular flexibility index (Phi) is 4.70. The summed E-state index contributed by atoms with van der Waals surface area (Å²) in [7, 11) is 1.61. The normalized spacial score (nSPS) is 13.8. The van der Waals surface area contributed by atoms with E-state index in [0.29, 0.717) is 5.75 Å². The Morgan fingerprint density at radius 3 is 2.88 bits per heavy atom. The molecule has 0 fully saturated rings. The van der Waals surface area contributed by atoms with Crippen LogP contribution in [0, 0.1) is 0 Å². The highest BCUT2D eigenvalue weighted by Gasteiger charge is 2.16. The van der Waals surface area contributed by atoms with Crippen molar-refractivity contribution in [2.24, 2.45) is 0 Å². The predicted octanol–water partition coefficient (Wildman–Crippen LogP) is 3.31. The van der Waals surface area contributed by atoms with Crippen molar-refractivity contribution >= 4 is 12.0 Å². The number of carbonyl (C=O) groups excluding carboxylic acids is 1. The molecule has 1 heterocycles. The summed E-state index contributed by atoms with van der Waals surface area (Å²) in [5.41, 5.74) is 1.86. The summed E-state index contributed by atoms with van der Waals surface area (Å²) in [5.74, 6) is 2.03. The van der Waals surface area contributed by atoms with E-state index in [1.807, 2.05) is 49.4 Å². The van der Waals surface area contributed by atoms with E-state index in [2.05, 4.69) is 5.32 Å². The first-order valence-electron chi connectivity index (χ1n) is 7.68. The minimum absolute atomic E-state index is 0.137. The van der Waals surface area contributed by atoms with Crippen LogP contribution in [0.25, 0.3) is 6.08 Å². The molecule has 1 aliphatic heterocycles. The van der Waals surface area contributed by atoms with Gasteiger partial charge in [-0.2, -0.15) is 0 Å². The minimum Gasteiger partial charge on any atom is -0.497 e. The second-order valence-electron chi connectivity index (χ2n) is 5.45. The van der Waals surface area contributed by atoms with Gasteiger partial charge in [-0.15, -0.1) is 0 Å². The van der Waals surface area contributed by atoms with Gasteiger partial charge in [0.1, 0.15) is 5.75 Å². The molecule has 0 saturated carbocycles. The maximum Gasteiger partial charge on any atom is 0.244 e. The predicted molar refractivity (Wildman–Crippen MR) is 91.2 cm³/mol. The maximum atomic E-state index is 12.1. The number of ether oxygens (including phenoxy) is 3. The van der Waals surface area contributed by atoms with Crippen LogP contribution in [0.15, 0.2) is 48.5 Å².